The average molecular weight is 422 g/mol. The van der Waals surface area contributed by atoms with E-state index in [2.05, 4.69) is 10.3 Å². The van der Waals surface area contributed by atoms with Crippen molar-refractivity contribution >= 4 is 11.9 Å². The minimum absolute atomic E-state index is 0.0558. The maximum atomic E-state index is 13.5. The van der Waals surface area contributed by atoms with Crippen LogP contribution in [0.25, 0.3) is 0 Å². The number of rotatable bonds is 6. The van der Waals surface area contributed by atoms with Gasteiger partial charge in [-0.3, -0.25) is 14.2 Å². The predicted octanol–water partition coefficient (Wildman–Crippen LogP) is 2.65. The van der Waals surface area contributed by atoms with Gasteiger partial charge < -0.3 is 15.0 Å². The summed E-state index contributed by atoms with van der Waals surface area (Å²) in [4.78, 5) is 32.3. The van der Waals surface area contributed by atoms with Crippen molar-refractivity contribution in [1.82, 2.24) is 14.9 Å². The summed E-state index contributed by atoms with van der Waals surface area (Å²) < 4.78 is 20.8. The third-order valence-electron chi connectivity index (χ3n) is 5.22. The van der Waals surface area contributed by atoms with Gasteiger partial charge in [0.15, 0.2) is 5.69 Å². The summed E-state index contributed by atoms with van der Waals surface area (Å²) in [7, 11) is 1.82. The molecule has 0 atom stereocenters. The zero-order valence-electron chi connectivity index (χ0n) is 17.4. The fourth-order valence-electron chi connectivity index (χ4n) is 3.47. The zero-order chi connectivity index (χ0) is 22.0. The fourth-order valence-corrected chi connectivity index (χ4v) is 3.47. The molecule has 0 spiro atoms. The molecule has 1 aromatic heterocycles. The number of carbonyl (C=O) groups is 1. The molecule has 4 rings (SSSR count). The van der Waals surface area contributed by atoms with E-state index in [1.807, 2.05) is 42.3 Å². The van der Waals surface area contributed by atoms with Crippen molar-refractivity contribution in [2.75, 3.05) is 18.5 Å². The van der Waals surface area contributed by atoms with Crippen LogP contribution >= 0.6 is 0 Å². The highest BCUT2D eigenvalue weighted by Crippen LogP contribution is 2.21. The van der Waals surface area contributed by atoms with Crippen molar-refractivity contribution in [2.24, 2.45) is 0 Å². The minimum atomic E-state index is -0.522. The van der Waals surface area contributed by atoms with Crippen molar-refractivity contribution in [2.45, 2.75) is 26.6 Å². The Balaban J connectivity index is 1.62. The van der Waals surface area contributed by atoms with Crippen molar-refractivity contribution in [3.63, 3.8) is 0 Å². The Hall–Kier alpha value is -3.68. The highest BCUT2D eigenvalue weighted by atomic mass is 19.1. The van der Waals surface area contributed by atoms with Crippen molar-refractivity contribution < 1.29 is 13.9 Å². The first-order valence-electron chi connectivity index (χ1n) is 10.00. The number of hydrogen-bond donors (Lipinski definition) is 1. The summed E-state index contributed by atoms with van der Waals surface area (Å²) in [6, 6.07) is 14.0. The number of fused-ring (bicyclic) bond motifs is 1. The number of aryl methyl sites for hydroxylation is 1. The second-order valence-electron chi connectivity index (χ2n) is 7.51. The van der Waals surface area contributed by atoms with Gasteiger partial charge in [0.1, 0.15) is 12.4 Å². The molecule has 0 bridgehead atoms. The fraction of sp³-hybridized carbons (Fsp3) is 0.261. The lowest BCUT2D eigenvalue weighted by Gasteiger charge is -2.15. The second-order valence-corrected chi connectivity index (χ2v) is 7.51. The van der Waals surface area contributed by atoms with Gasteiger partial charge in [-0.05, 0) is 29.7 Å². The third kappa shape index (κ3) is 4.28. The van der Waals surface area contributed by atoms with Crippen molar-refractivity contribution in [1.29, 1.82) is 0 Å². The Morgan fingerprint density at radius 3 is 2.68 bits per heavy atom. The van der Waals surface area contributed by atoms with Crippen LogP contribution in [-0.2, 0) is 19.7 Å². The maximum absolute atomic E-state index is 13.5. The van der Waals surface area contributed by atoms with Crippen LogP contribution < -0.4 is 20.5 Å². The van der Waals surface area contributed by atoms with Crippen molar-refractivity contribution in [3.8, 4) is 5.75 Å². The van der Waals surface area contributed by atoms with Gasteiger partial charge >= 0.3 is 0 Å². The van der Waals surface area contributed by atoms with Crippen LogP contribution in [0.3, 0.4) is 0 Å². The molecule has 0 aliphatic carbocycles. The number of likely N-dealkylation sites (N-methyl/N-ethyl adjacent to an activating group) is 1. The molecule has 3 aromatic rings. The van der Waals surface area contributed by atoms with Crippen LogP contribution in [0, 0.1) is 12.7 Å². The second kappa shape index (κ2) is 8.59. The third-order valence-corrected chi connectivity index (χ3v) is 5.22. The summed E-state index contributed by atoms with van der Waals surface area (Å²) in [5.74, 6) is -0.468. The molecule has 7 nitrogen and oxygen atoms in total. The molecule has 0 fully saturated rings. The van der Waals surface area contributed by atoms with E-state index in [-0.39, 0.29) is 36.0 Å². The largest absolute Gasteiger partial charge is 0.481 e. The Kier molecular flexibility index (Phi) is 5.70. The molecule has 0 unspecified atom stereocenters. The standard InChI is InChI=1S/C23H23FN4O3/c1-15-12-17(8-9-18(15)24)13-25-21(29)19-20(31-14-16-6-4-3-5-7-16)22(30)28-11-10-27(2)23(28)26-19/h3-9,12H,10-11,13-14H2,1-2H3,(H,25,29). The maximum Gasteiger partial charge on any atom is 0.298 e. The Bertz CT molecular complexity index is 1180. The van der Waals surface area contributed by atoms with E-state index in [0.29, 0.717) is 24.6 Å². The Morgan fingerprint density at radius 2 is 1.94 bits per heavy atom. The normalized spacial score (nSPS) is 12.5. The molecule has 1 aliphatic rings. The number of nitrogens with zero attached hydrogens (tertiary/aromatic N) is 3. The van der Waals surface area contributed by atoms with E-state index in [1.165, 1.54) is 10.6 Å². The van der Waals surface area contributed by atoms with Crippen molar-refractivity contribution in [3.05, 3.63) is 87.1 Å². The number of anilines is 1. The highest BCUT2D eigenvalue weighted by molar-refractivity contribution is 5.95. The number of nitrogens with one attached hydrogen (secondary N) is 1. The summed E-state index contributed by atoms with van der Waals surface area (Å²) >= 11 is 0. The van der Waals surface area contributed by atoms with Gasteiger partial charge in [-0.1, -0.05) is 42.5 Å². The summed E-state index contributed by atoms with van der Waals surface area (Å²) in [5.41, 5.74) is 1.67. The lowest BCUT2D eigenvalue weighted by atomic mass is 10.1. The first kappa shape index (κ1) is 20.6. The number of ether oxygens (including phenoxy) is 1. The van der Waals surface area contributed by atoms with Crippen LogP contribution in [0.15, 0.2) is 53.3 Å². The lowest BCUT2D eigenvalue weighted by Crippen LogP contribution is -2.31. The molecule has 1 amide bonds. The smallest absolute Gasteiger partial charge is 0.298 e. The molecule has 0 saturated carbocycles. The topological polar surface area (TPSA) is 76.5 Å². The van der Waals surface area contributed by atoms with Gasteiger partial charge in [-0.25, -0.2) is 9.37 Å². The van der Waals surface area contributed by atoms with E-state index < -0.39 is 5.91 Å². The van der Waals surface area contributed by atoms with Gasteiger partial charge in [-0.2, -0.15) is 0 Å². The SMILES string of the molecule is Cc1cc(CNC(=O)c2nc3n(c(=O)c2OCc2ccccc2)CCN3C)ccc1F. The van der Waals surface area contributed by atoms with Crippen LogP contribution in [0.1, 0.15) is 27.2 Å². The molecular weight excluding hydrogens is 399 g/mol. The number of aromatic nitrogens is 2. The first-order valence-corrected chi connectivity index (χ1v) is 10.00. The van der Waals surface area contributed by atoms with Gasteiger partial charge in [0, 0.05) is 26.7 Å². The van der Waals surface area contributed by atoms with Gasteiger partial charge in [0.05, 0.1) is 0 Å². The van der Waals surface area contributed by atoms with Crippen LogP contribution in [0.5, 0.6) is 5.75 Å². The lowest BCUT2D eigenvalue weighted by molar-refractivity contribution is 0.0940. The molecule has 2 aromatic carbocycles. The van der Waals surface area contributed by atoms with Gasteiger partial charge in [0.2, 0.25) is 11.7 Å². The monoisotopic (exact) mass is 422 g/mol. The van der Waals surface area contributed by atoms with E-state index in [9.17, 15) is 14.0 Å². The number of hydrogen-bond acceptors (Lipinski definition) is 5. The predicted molar refractivity (Wildman–Crippen MR) is 115 cm³/mol. The van der Waals surface area contributed by atoms with Gasteiger partial charge in [0.25, 0.3) is 11.5 Å². The van der Waals surface area contributed by atoms with Crippen LogP contribution in [0.2, 0.25) is 0 Å². The number of benzene rings is 2. The zero-order valence-corrected chi connectivity index (χ0v) is 17.4. The molecule has 2 heterocycles. The Labute approximate surface area is 179 Å². The average Bonchev–Trinajstić information content (AvgIpc) is 3.15. The molecule has 0 saturated heterocycles. The molecule has 1 aliphatic heterocycles. The summed E-state index contributed by atoms with van der Waals surface area (Å²) in [6.07, 6.45) is 0. The Morgan fingerprint density at radius 1 is 1.16 bits per heavy atom. The van der Waals surface area contributed by atoms with E-state index in [1.54, 1.807) is 19.1 Å². The summed E-state index contributed by atoms with van der Waals surface area (Å²) in [6.45, 7) is 3.09. The van der Waals surface area contributed by atoms with E-state index >= 15 is 0 Å². The van der Waals surface area contributed by atoms with Crippen LogP contribution in [0.4, 0.5) is 10.3 Å². The van der Waals surface area contributed by atoms with E-state index in [4.69, 9.17) is 4.74 Å². The molecular formula is C23H23FN4O3. The number of halogens is 1. The number of carbonyl (C=O) groups excluding carboxylic acids is 1. The van der Waals surface area contributed by atoms with E-state index in [0.717, 1.165) is 11.1 Å². The molecule has 8 heteroatoms. The molecule has 160 valence electrons. The molecule has 31 heavy (non-hydrogen) atoms. The minimum Gasteiger partial charge on any atom is -0.481 e. The summed E-state index contributed by atoms with van der Waals surface area (Å²) in [5, 5.41) is 2.76. The quantitative estimate of drug-likeness (QED) is 0.661. The molecule has 0 radical (unpaired) electrons. The first-order chi connectivity index (χ1) is 14.9. The van der Waals surface area contributed by atoms with Crippen LogP contribution in [-0.4, -0.2) is 29.1 Å². The molecule has 1 N–H and O–H groups in total. The highest BCUT2D eigenvalue weighted by Gasteiger charge is 2.27. The number of amides is 1. The van der Waals surface area contributed by atoms with Gasteiger partial charge in [-0.15, -0.1) is 0 Å².